The Hall–Kier alpha value is -1.46. The van der Waals surface area contributed by atoms with Gasteiger partial charge in [-0.1, -0.05) is 6.42 Å². The van der Waals surface area contributed by atoms with E-state index in [4.69, 9.17) is 0 Å². The Morgan fingerprint density at radius 1 is 1.29 bits per heavy atom. The Bertz CT molecular complexity index is 744. The minimum Gasteiger partial charge on any atom is -0.297 e. The van der Waals surface area contributed by atoms with Crippen LogP contribution in [0.2, 0.25) is 0 Å². The Kier molecular flexibility index (Phi) is 3.39. The van der Waals surface area contributed by atoms with Gasteiger partial charge in [-0.05, 0) is 37.3 Å². The van der Waals surface area contributed by atoms with E-state index in [-0.39, 0.29) is 5.78 Å². The smallest absolute Gasteiger partial charge is 0.193 e. The van der Waals surface area contributed by atoms with Crippen LogP contribution in [0.15, 0.2) is 23.8 Å². The third-order valence-electron chi connectivity index (χ3n) is 4.01. The molecular formula is C16H16N2OS2. The van der Waals surface area contributed by atoms with E-state index in [1.165, 1.54) is 29.7 Å². The van der Waals surface area contributed by atoms with Crippen LogP contribution in [0.1, 0.15) is 45.1 Å². The summed E-state index contributed by atoms with van der Waals surface area (Å²) < 4.78 is 1.98. The van der Waals surface area contributed by atoms with Gasteiger partial charge in [0.15, 0.2) is 10.7 Å². The third-order valence-corrected chi connectivity index (χ3v) is 6.06. The minimum atomic E-state index is 0.207. The average molecular weight is 316 g/mol. The molecular weight excluding hydrogens is 300 g/mol. The molecule has 1 aliphatic carbocycles. The van der Waals surface area contributed by atoms with E-state index in [1.54, 1.807) is 22.7 Å². The number of carbonyl (C=O) groups is 1. The highest BCUT2D eigenvalue weighted by molar-refractivity contribution is 7.15. The maximum atomic E-state index is 12.5. The van der Waals surface area contributed by atoms with Gasteiger partial charge in [0.1, 0.15) is 0 Å². The second-order valence-corrected chi connectivity index (χ2v) is 7.55. The number of fused-ring (bicyclic) bond motifs is 2. The van der Waals surface area contributed by atoms with Gasteiger partial charge < -0.3 is 0 Å². The predicted octanol–water partition coefficient (Wildman–Crippen LogP) is 4.15. The summed E-state index contributed by atoms with van der Waals surface area (Å²) >= 11 is 3.30. The Morgan fingerprint density at radius 3 is 3.10 bits per heavy atom. The van der Waals surface area contributed by atoms with Crippen molar-refractivity contribution < 1.29 is 4.79 Å². The molecule has 3 nitrogen and oxygen atoms in total. The van der Waals surface area contributed by atoms with Crippen LogP contribution in [0.3, 0.4) is 0 Å². The second kappa shape index (κ2) is 5.39. The molecule has 0 aliphatic heterocycles. The second-order valence-electron chi connectivity index (χ2n) is 5.54. The molecule has 3 heterocycles. The number of aryl methyl sites for hydroxylation is 2. The van der Waals surface area contributed by atoms with Crippen molar-refractivity contribution >= 4 is 33.4 Å². The lowest BCUT2D eigenvalue weighted by molar-refractivity contribution is 0.0996. The molecule has 0 aromatic carbocycles. The van der Waals surface area contributed by atoms with Crippen molar-refractivity contribution in [3.05, 3.63) is 44.9 Å². The minimum absolute atomic E-state index is 0.207. The summed E-state index contributed by atoms with van der Waals surface area (Å²) in [6, 6.07) is 2.13. The maximum Gasteiger partial charge on any atom is 0.193 e. The van der Waals surface area contributed by atoms with Gasteiger partial charge in [-0.25, -0.2) is 4.98 Å². The van der Waals surface area contributed by atoms with Gasteiger partial charge in [-0.3, -0.25) is 9.20 Å². The summed E-state index contributed by atoms with van der Waals surface area (Å²) in [5.41, 5.74) is 2.28. The molecule has 0 atom stereocenters. The maximum absolute atomic E-state index is 12.5. The molecule has 0 saturated carbocycles. The van der Waals surface area contributed by atoms with E-state index in [9.17, 15) is 4.79 Å². The first-order valence-electron chi connectivity index (χ1n) is 7.35. The lowest BCUT2D eigenvalue weighted by Crippen LogP contribution is -2.01. The summed E-state index contributed by atoms with van der Waals surface area (Å²) in [7, 11) is 0. The molecule has 0 amide bonds. The quantitative estimate of drug-likeness (QED) is 0.537. The fourth-order valence-electron chi connectivity index (χ4n) is 2.92. The van der Waals surface area contributed by atoms with Gasteiger partial charge in [0.25, 0.3) is 0 Å². The van der Waals surface area contributed by atoms with Crippen molar-refractivity contribution in [1.29, 1.82) is 0 Å². The molecule has 3 aromatic rings. The van der Waals surface area contributed by atoms with Crippen LogP contribution < -0.4 is 0 Å². The van der Waals surface area contributed by atoms with Gasteiger partial charge >= 0.3 is 0 Å². The molecule has 108 valence electrons. The summed E-state index contributed by atoms with van der Waals surface area (Å²) in [6.07, 6.45) is 10.5. The summed E-state index contributed by atoms with van der Waals surface area (Å²) in [4.78, 5) is 20.3. The fourth-order valence-corrected chi connectivity index (χ4v) is 4.83. The van der Waals surface area contributed by atoms with Crippen LogP contribution in [0.4, 0.5) is 0 Å². The predicted molar refractivity (Wildman–Crippen MR) is 86.7 cm³/mol. The molecule has 0 bridgehead atoms. The van der Waals surface area contributed by atoms with Gasteiger partial charge in [0.2, 0.25) is 0 Å². The Labute approximate surface area is 131 Å². The molecule has 3 aromatic heterocycles. The van der Waals surface area contributed by atoms with Crippen molar-refractivity contribution in [2.45, 2.75) is 38.5 Å². The van der Waals surface area contributed by atoms with Crippen LogP contribution in [0, 0.1) is 0 Å². The molecule has 0 fully saturated rings. The SMILES string of the molecule is O=C(Cc1cn2ccsc2n1)c1cc2c(s1)CCCCC2. The molecule has 0 saturated heterocycles. The first kappa shape index (κ1) is 13.2. The van der Waals surface area contributed by atoms with E-state index >= 15 is 0 Å². The standard InChI is InChI=1S/C16H16N2OS2/c19-13(9-12-10-18-6-7-20-16(18)17-12)15-8-11-4-2-1-3-5-14(11)21-15/h6-8,10H,1-5,9H2. The lowest BCUT2D eigenvalue weighted by Gasteiger charge is -1.95. The van der Waals surface area contributed by atoms with E-state index in [1.807, 2.05) is 22.2 Å². The zero-order chi connectivity index (χ0) is 14.2. The molecule has 0 unspecified atom stereocenters. The molecule has 5 heteroatoms. The molecule has 4 rings (SSSR count). The van der Waals surface area contributed by atoms with E-state index in [2.05, 4.69) is 11.1 Å². The highest BCUT2D eigenvalue weighted by Gasteiger charge is 2.17. The zero-order valence-electron chi connectivity index (χ0n) is 11.7. The Balaban J connectivity index is 1.55. The van der Waals surface area contributed by atoms with E-state index in [0.717, 1.165) is 28.4 Å². The number of Topliss-reactive ketones (excluding diaryl/α,β-unsaturated/α-hetero) is 1. The largest absolute Gasteiger partial charge is 0.297 e. The van der Waals surface area contributed by atoms with Crippen molar-refractivity contribution in [3.8, 4) is 0 Å². The van der Waals surface area contributed by atoms with Crippen molar-refractivity contribution in [1.82, 2.24) is 9.38 Å². The number of nitrogens with zero attached hydrogens (tertiary/aromatic N) is 2. The van der Waals surface area contributed by atoms with Crippen LogP contribution in [0.5, 0.6) is 0 Å². The Morgan fingerprint density at radius 2 is 2.19 bits per heavy atom. The number of thiophene rings is 1. The number of rotatable bonds is 3. The number of ketones is 1. The van der Waals surface area contributed by atoms with Gasteiger partial charge in [-0.2, -0.15) is 0 Å². The van der Waals surface area contributed by atoms with Gasteiger partial charge in [0, 0.05) is 22.7 Å². The zero-order valence-corrected chi connectivity index (χ0v) is 13.3. The van der Waals surface area contributed by atoms with Crippen molar-refractivity contribution in [2.75, 3.05) is 0 Å². The normalized spacial score (nSPS) is 15.0. The molecule has 21 heavy (non-hydrogen) atoms. The van der Waals surface area contributed by atoms with Crippen LogP contribution in [-0.4, -0.2) is 15.2 Å². The highest BCUT2D eigenvalue weighted by atomic mass is 32.1. The average Bonchev–Trinajstić information content (AvgIpc) is 3.10. The number of hydrogen-bond donors (Lipinski definition) is 0. The first-order valence-corrected chi connectivity index (χ1v) is 9.05. The highest BCUT2D eigenvalue weighted by Crippen LogP contribution is 2.29. The molecule has 0 radical (unpaired) electrons. The first-order chi connectivity index (χ1) is 10.3. The van der Waals surface area contributed by atoms with Crippen molar-refractivity contribution in [2.24, 2.45) is 0 Å². The van der Waals surface area contributed by atoms with E-state index in [0.29, 0.717) is 6.42 Å². The third kappa shape index (κ3) is 2.56. The van der Waals surface area contributed by atoms with Crippen LogP contribution in [0.25, 0.3) is 4.96 Å². The van der Waals surface area contributed by atoms with Crippen molar-refractivity contribution in [3.63, 3.8) is 0 Å². The number of aromatic nitrogens is 2. The lowest BCUT2D eigenvalue weighted by atomic mass is 10.1. The number of hydrogen-bond acceptors (Lipinski definition) is 4. The molecule has 0 spiro atoms. The molecule has 1 aliphatic rings. The fraction of sp³-hybridized carbons (Fsp3) is 0.375. The number of imidazole rings is 1. The summed E-state index contributed by atoms with van der Waals surface area (Å²) in [5, 5.41) is 2.00. The van der Waals surface area contributed by atoms with Gasteiger partial charge in [0.05, 0.1) is 17.0 Å². The number of thiazole rings is 1. The van der Waals surface area contributed by atoms with E-state index < -0.39 is 0 Å². The molecule has 0 N–H and O–H groups in total. The van der Waals surface area contributed by atoms with Crippen LogP contribution in [-0.2, 0) is 19.3 Å². The summed E-state index contributed by atoms with van der Waals surface area (Å²) in [5.74, 6) is 0.207. The monoisotopic (exact) mass is 316 g/mol. The topological polar surface area (TPSA) is 34.4 Å². The number of carbonyl (C=O) groups excluding carboxylic acids is 1. The van der Waals surface area contributed by atoms with Gasteiger partial charge in [-0.15, -0.1) is 22.7 Å². The summed E-state index contributed by atoms with van der Waals surface area (Å²) in [6.45, 7) is 0. The van der Waals surface area contributed by atoms with Crippen LogP contribution >= 0.6 is 22.7 Å².